The molecule has 0 spiro atoms. The molecule has 1 aliphatic rings. The second-order valence-electron chi connectivity index (χ2n) is 5.46. The van der Waals surface area contributed by atoms with E-state index in [0.29, 0.717) is 6.79 Å². The summed E-state index contributed by atoms with van der Waals surface area (Å²) in [5, 5.41) is 1.16. The Balaban J connectivity index is 1.51. The second kappa shape index (κ2) is 9.28. The van der Waals surface area contributed by atoms with E-state index in [1.807, 2.05) is 6.07 Å². The third-order valence-corrected chi connectivity index (χ3v) is 4.35. The van der Waals surface area contributed by atoms with Crippen molar-refractivity contribution in [1.29, 1.82) is 0 Å². The van der Waals surface area contributed by atoms with Gasteiger partial charge in [0.05, 0.1) is 0 Å². The van der Waals surface area contributed by atoms with E-state index in [2.05, 4.69) is 28.1 Å². The summed E-state index contributed by atoms with van der Waals surface area (Å²) in [5.41, 5.74) is 1.37. The first-order chi connectivity index (χ1) is 9.90. The van der Waals surface area contributed by atoms with Crippen molar-refractivity contribution in [3.63, 3.8) is 0 Å². The van der Waals surface area contributed by atoms with Crippen molar-refractivity contribution in [3.8, 4) is 11.5 Å². The first-order valence-corrected chi connectivity index (χ1v) is 8.97. The van der Waals surface area contributed by atoms with Crippen molar-refractivity contribution in [2.75, 3.05) is 12.1 Å². The Morgan fingerprint density at radius 3 is 2.20 bits per heavy atom. The van der Waals surface area contributed by atoms with Crippen LogP contribution in [0.25, 0.3) is 0 Å². The minimum Gasteiger partial charge on any atom is -0.454 e. The lowest BCUT2D eigenvalue weighted by atomic mass is 10.0. The van der Waals surface area contributed by atoms with Gasteiger partial charge in [-0.15, -0.1) is 0 Å². The molecule has 3 heteroatoms. The number of unbranched alkanes of at least 4 members (excludes halogenated alkanes) is 7. The monoisotopic (exact) mass is 340 g/mol. The predicted octanol–water partition coefficient (Wildman–Crippen LogP) is 5.47. The normalized spacial score (nSPS) is 12.8. The summed E-state index contributed by atoms with van der Waals surface area (Å²) in [6, 6.07) is 6.32. The fourth-order valence-corrected chi connectivity index (χ4v) is 2.98. The van der Waals surface area contributed by atoms with Gasteiger partial charge in [0.15, 0.2) is 11.5 Å². The van der Waals surface area contributed by atoms with Gasteiger partial charge in [0.25, 0.3) is 0 Å². The van der Waals surface area contributed by atoms with Gasteiger partial charge in [-0.05, 0) is 37.0 Å². The number of ether oxygens (including phenoxy) is 2. The first kappa shape index (κ1) is 15.7. The van der Waals surface area contributed by atoms with E-state index in [1.165, 1.54) is 56.9 Å². The second-order valence-corrected chi connectivity index (χ2v) is 6.25. The van der Waals surface area contributed by atoms with E-state index in [-0.39, 0.29) is 0 Å². The molecule has 0 amide bonds. The quantitative estimate of drug-likeness (QED) is 0.415. The van der Waals surface area contributed by atoms with Gasteiger partial charge >= 0.3 is 0 Å². The lowest BCUT2D eigenvalue weighted by molar-refractivity contribution is 0.174. The molecule has 0 radical (unpaired) electrons. The molecule has 0 aliphatic carbocycles. The molecule has 1 heterocycles. The van der Waals surface area contributed by atoms with Crippen LogP contribution in [0.1, 0.15) is 56.9 Å². The van der Waals surface area contributed by atoms with Crippen LogP contribution in [0, 0.1) is 0 Å². The molecule has 0 bridgehead atoms. The van der Waals surface area contributed by atoms with Crippen LogP contribution in [-0.4, -0.2) is 12.1 Å². The number of hydrogen-bond acceptors (Lipinski definition) is 2. The Kier molecular flexibility index (Phi) is 7.27. The van der Waals surface area contributed by atoms with Gasteiger partial charge in [-0.25, -0.2) is 0 Å². The maximum absolute atomic E-state index is 5.41. The van der Waals surface area contributed by atoms with Crippen molar-refractivity contribution in [2.45, 2.75) is 57.8 Å². The summed E-state index contributed by atoms with van der Waals surface area (Å²) in [7, 11) is 0. The maximum Gasteiger partial charge on any atom is 0.231 e. The van der Waals surface area contributed by atoms with Gasteiger partial charge in [-0.3, -0.25) is 0 Å². The number of benzene rings is 1. The van der Waals surface area contributed by atoms with E-state index >= 15 is 0 Å². The van der Waals surface area contributed by atoms with E-state index < -0.39 is 0 Å². The first-order valence-electron chi connectivity index (χ1n) is 7.84. The van der Waals surface area contributed by atoms with Gasteiger partial charge in [-0.1, -0.05) is 60.5 Å². The molecule has 1 aromatic rings. The topological polar surface area (TPSA) is 18.5 Å². The van der Waals surface area contributed by atoms with E-state index in [0.717, 1.165) is 23.2 Å². The van der Waals surface area contributed by atoms with E-state index in [1.54, 1.807) is 0 Å². The molecule has 0 saturated carbocycles. The zero-order chi connectivity index (χ0) is 14.0. The molecule has 20 heavy (non-hydrogen) atoms. The summed E-state index contributed by atoms with van der Waals surface area (Å²) >= 11 is 3.48. The minimum absolute atomic E-state index is 0.369. The molecule has 2 nitrogen and oxygen atoms in total. The fourth-order valence-electron chi connectivity index (χ4n) is 2.58. The smallest absolute Gasteiger partial charge is 0.231 e. The maximum atomic E-state index is 5.41. The van der Waals surface area contributed by atoms with Crippen molar-refractivity contribution in [3.05, 3.63) is 23.8 Å². The molecule has 0 aromatic heterocycles. The SMILES string of the molecule is BrCCCCCCCCCCc1ccc2c(c1)OCO2. The zero-order valence-corrected chi connectivity index (χ0v) is 13.8. The van der Waals surface area contributed by atoms with Gasteiger partial charge in [-0.2, -0.15) is 0 Å². The predicted molar refractivity (Wildman–Crippen MR) is 87.0 cm³/mol. The average Bonchev–Trinajstić information content (AvgIpc) is 2.93. The van der Waals surface area contributed by atoms with Crippen LogP contribution < -0.4 is 9.47 Å². The molecule has 1 aliphatic heterocycles. The van der Waals surface area contributed by atoms with Gasteiger partial charge in [0.2, 0.25) is 6.79 Å². The van der Waals surface area contributed by atoms with Crippen LogP contribution in [0.3, 0.4) is 0 Å². The van der Waals surface area contributed by atoms with Crippen molar-refractivity contribution in [1.82, 2.24) is 0 Å². The molecule has 112 valence electrons. The average molecular weight is 341 g/mol. The summed E-state index contributed by atoms with van der Waals surface area (Å²) in [5.74, 6) is 1.80. The van der Waals surface area contributed by atoms with Crippen LogP contribution in [0.15, 0.2) is 18.2 Å². The van der Waals surface area contributed by atoms with Crippen molar-refractivity contribution < 1.29 is 9.47 Å². The largest absolute Gasteiger partial charge is 0.454 e. The van der Waals surface area contributed by atoms with Crippen LogP contribution >= 0.6 is 15.9 Å². The minimum atomic E-state index is 0.369. The lowest BCUT2D eigenvalue weighted by Crippen LogP contribution is -1.93. The highest BCUT2D eigenvalue weighted by molar-refractivity contribution is 9.09. The van der Waals surface area contributed by atoms with Crippen LogP contribution in [0.4, 0.5) is 0 Å². The summed E-state index contributed by atoms with van der Waals surface area (Å²) in [6.45, 7) is 0.369. The molecule has 2 rings (SSSR count). The van der Waals surface area contributed by atoms with Gasteiger partial charge in [0.1, 0.15) is 0 Å². The zero-order valence-electron chi connectivity index (χ0n) is 12.2. The van der Waals surface area contributed by atoms with E-state index in [4.69, 9.17) is 9.47 Å². The lowest BCUT2D eigenvalue weighted by Gasteiger charge is -2.04. The molecule has 0 saturated heterocycles. The van der Waals surface area contributed by atoms with Crippen molar-refractivity contribution in [2.24, 2.45) is 0 Å². The van der Waals surface area contributed by atoms with Gasteiger partial charge in [0, 0.05) is 5.33 Å². The molecule has 0 atom stereocenters. The van der Waals surface area contributed by atoms with Gasteiger partial charge < -0.3 is 9.47 Å². The number of rotatable bonds is 10. The summed E-state index contributed by atoms with van der Waals surface area (Å²) < 4.78 is 10.7. The highest BCUT2D eigenvalue weighted by Crippen LogP contribution is 2.32. The molecular weight excluding hydrogens is 316 g/mol. The summed E-state index contributed by atoms with van der Waals surface area (Å²) in [4.78, 5) is 0. The number of alkyl halides is 1. The van der Waals surface area contributed by atoms with Crippen molar-refractivity contribution >= 4 is 15.9 Å². The Hall–Kier alpha value is -0.700. The number of halogens is 1. The Morgan fingerprint density at radius 1 is 0.800 bits per heavy atom. The number of fused-ring (bicyclic) bond motifs is 1. The van der Waals surface area contributed by atoms with Crippen LogP contribution in [-0.2, 0) is 6.42 Å². The third-order valence-electron chi connectivity index (χ3n) is 3.79. The Bertz CT molecular complexity index is 393. The molecule has 0 fully saturated rings. The number of hydrogen-bond donors (Lipinski definition) is 0. The molecule has 0 N–H and O–H groups in total. The summed E-state index contributed by atoms with van der Waals surface area (Å²) in [6.07, 6.45) is 12.0. The van der Waals surface area contributed by atoms with Crippen LogP contribution in [0.2, 0.25) is 0 Å². The standard InChI is InChI=1S/C17H25BrO2/c18-12-8-6-4-2-1-3-5-7-9-15-10-11-16-17(13-15)20-14-19-16/h10-11,13H,1-9,12,14H2. The number of aryl methyl sites for hydroxylation is 1. The Morgan fingerprint density at radius 2 is 1.45 bits per heavy atom. The Labute approximate surface area is 131 Å². The fraction of sp³-hybridized carbons (Fsp3) is 0.647. The molecular formula is C17H25BrO2. The van der Waals surface area contributed by atoms with Crippen LogP contribution in [0.5, 0.6) is 11.5 Å². The molecule has 1 aromatic carbocycles. The third kappa shape index (κ3) is 5.35. The highest BCUT2D eigenvalue weighted by Gasteiger charge is 2.12. The van der Waals surface area contributed by atoms with E-state index in [9.17, 15) is 0 Å². The highest BCUT2D eigenvalue weighted by atomic mass is 79.9. The molecule has 0 unspecified atom stereocenters.